The van der Waals surface area contributed by atoms with Gasteiger partial charge < -0.3 is 19.7 Å². The molecule has 0 radical (unpaired) electrons. The van der Waals surface area contributed by atoms with Crippen molar-refractivity contribution < 1.29 is 24.5 Å². The minimum atomic E-state index is -0.774. The number of aliphatic hydroxyl groups excluding tert-OH is 2. The van der Waals surface area contributed by atoms with E-state index in [0.29, 0.717) is 12.8 Å². The fourth-order valence-electron chi connectivity index (χ4n) is 3.98. The zero-order valence-corrected chi connectivity index (χ0v) is 16.4. The molecule has 0 bridgehead atoms. The van der Waals surface area contributed by atoms with Crippen LogP contribution < -0.4 is 4.74 Å². The van der Waals surface area contributed by atoms with E-state index in [1.54, 1.807) is 6.08 Å². The Labute approximate surface area is 166 Å². The number of ether oxygens (including phenoxy) is 2. The van der Waals surface area contributed by atoms with Crippen molar-refractivity contribution in [1.82, 2.24) is 0 Å². The minimum absolute atomic E-state index is 0.0226. The largest absolute Gasteiger partial charge is 0.491 e. The van der Waals surface area contributed by atoms with E-state index in [2.05, 4.69) is 12.2 Å². The van der Waals surface area contributed by atoms with Crippen LogP contribution in [0.2, 0.25) is 0 Å². The lowest BCUT2D eigenvalue weighted by Gasteiger charge is -2.23. The second-order valence-corrected chi connectivity index (χ2v) is 7.75. The molecule has 5 atom stereocenters. The molecule has 0 aromatic heterocycles. The molecule has 5 heteroatoms. The molecule has 1 saturated carbocycles. The van der Waals surface area contributed by atoms with Gasteiger partial charge in [0, 0.05) is 24.7 Å². The number of rotatable bonds is 5. The van der Waals surface area contributed by atoms with Gasteiger partial charge in [0.25, 0.3) is 0 Å². The molecule has 0 unspecified atom stereocenters. The molecule has 2 aliphatic rings. The zero-order valence-electron chi connectivity index (χ0n) is 16.4. The SMILES string of the molecule is Cc1cccc(OC[C@H](O)/C=C/[C@@H]2[C@H]3C/C=C\CCCC(=O)O[C@H]3C[C@H]2O)c1. The predicted molar refractivity (Wildman–Crippen MR) is 107 cm³/mol. The molecule has 1 aromatic rings. The van der Waals surface area contributed by atoms with Crippen molar-refractivity contribution in [3.63, 3.8) is 0 Å². The molecule has 3 rings (SSSR count). The third-order valence-electron chi connectivity index (χ3n) is 5.47. The van der Waals surface area contributed by atoms with Crippen LogP contribution in [-0.4, -0.2) is 41.1 Å². The molecule has 5 nitrogen and oxygen atoms in total. The summed E-state index contributed by atoms with van der Waals surface area (Å²) in [5, 5.41) is 20.8. The zero-order chi connectivity index (χ0) is 19.9. The summed E-state index contributed by atoms with van der Waals surface area (Å²) in [5.74, 6) is 0.399. The first-order valence-electron chi connectivity index (χ1n) is 10.1. The van der Waals surface area contributed by atoms with Gasteiger partial charge in [-0.2, -0.15) is 0 Å². The Balaban J connectivity index is 1.60. The van der Waals surface area contributed by atoms with Crippen LogP contribution in [0.15, 0.2) is 48.6 Å². The number of fused-ring (bicyclic) bond motifs is 1. The minimum Gasteiger partial charge on any atom is -0.491 e. The van der Waals surface area contributed by atoms with E-state index >= 15 is 0 Å². The number of hydrogen-bond donors (Lipinski definition) is 2. The van der Waals surface area contributed by atoms with Gasteiger partial charge in [0.15, 0.2) is 0 Å². The van der Waals surface area contributed by atoms with E-state index in [0.717, 1.165) is 30.6 Å². The number of carbonyl (C=O) groups excluding carboxylic acids is 1. The smallest absolute Gasteiger partial charge is 0.306 e. The summed E-state index contributed by atoms with van der Waals surface area (Å²) in [7, 11) is 0. The van der Waals surface area contributed by atoms with Crippen molar-refractivity contribution in [3.05, 3.63) is 54.1 Å². The third-order valence-corrected chi connectivity index (χ3v) is 5.47. The van der Waals surface area contributed by atoms with Gasteiger partial charge in [-0.1, -0.05) is 36.4 Å². The highest BCUT2D eigenvalue weighted by Crippen LogP contribution is 2.38. The standard InChI is InChI=1S/C23H30O5/c1-16-7-6-8-18(13-16)27-15-17(24)11-12-19-20-9-4-2-3-5-10-23(26)28-22(20)14-21(19)25/h2,4,6-8,11-13,17,19-22,24-25H,3,5,9-10,14-15H2,1H3/b4-2-,12-11+/t17-,19-,20-,21-,22+/m1/s1. The molecule has 1 heterocycles. The van der Waals surface area contributed by atoms with E-state index in [-0.39, 0.29) is 30.5 Å². The van der Waals surface area contributed by atoms with Crippen LogP contribution >= 0.6 is 0 Å². The quantitative estimate of drug-likeness (QED) is 0.600. The van der Waals surface area contributed by atoms with Crippen LogP contribution in [0.3, 0.4) is 0 Å². The average molecular weight is 386 g/mol. The molecule has 0 spiro atoms. The van der Waals surface area contributed by atoms with Crippen molar-refractivity contribution in [2.75, 3.05) is 6.61 Å². The molecular weight excluding hydrogens is 356 g/mol. The van der Waals surface area contributed by atoms with E-state index < -0.39 is 12.2 Å². The van der Waals surface area contributed by atoms with Crippen LogP contribution in [0.25, 0.3) is 0 Å². The van der Waals surface area contributed by atoms with E-state index in [1.165, 1.54) is 0 Å². The van der Waals surface area contributed by atoms with Crippen molar-refractivity contribution in [1.29, 1.82) is 0 Å². The first kappa shape index (κ1) is 20.6. The van der Waals surface area contributed by atoms with Crippen molar-refractivity contribution >= 4 is 5.97 Å². The molecule has 1 aliphatic heterocycles. The van der Waals surface area contributed by atoms with Crippen LogP contribution in [0.4, 0.5) is 0 Å². The van der Waals surface area contributed by atoms with Gasteiger partial charge in [0.05, 0.1) is 6.10 Å². The van der Waals surface area contributed by atoms with Gasteiger partial charge in [-0.25, -0.2) is 0 Å². The van der Waals surface area contributed by atoms with Gasteiger partial charge >= 0.3 is 5.97 Å². The number of aryl methyl sites for hydroxylation is 1. The lowest BCUT2D eigenvalue weighted by Crippen LogP contribution is -2.25. The Morgan fingerprint density at radius 2 is 2.21 bits per heavy atom. The maximum absolute atomic E-state index is 12.0. The Kier molecular flexibility index (Phi) is 7.29. The number of allylic oxidation sites excluding steroid dienone is 2. The highest BCUT2D eigenvalue weighted by molar-refractivity contribution is 5.69. The Hall–Kier alpha value is -2.11. The van der Waals surface area contributed by atoms with Gasteiger partial charge in [0.2, 0.25) is 0 Å². The van der Waals surface area contributed by atoms with E-state index in [1.807, 2.05) is 37.3 Å². The predicted octanol–water partition coefficient (Wildman–Crippen LogP) is 3.33. The summed E-state index contributed by atoms with van der Waals surface area (Å²) in [5.41, 5.74) is 1.10. The van der Waals surface area contributed by atoms with Crippen molar-refractivity contribution in [2.24, 2.45) is 11.8 Å². The molecule has 152 valence electrons. The maximum atomic E-state index is 12.0. The van der Waals surface area contributed by atoms with Gasteiger partial charge in [-0.05, 0) is 43.9 Å². The van der Waals surface area contributed by atoms with Crippen molar-refractivity contribution in [3.8, 4) is 5.75 Å². The first-order valence-corrected chi connectivity index (χ1v) is 10.1. The second kappa shape index (κ2) is 9.89. The van der Waals surface area contributed by atoms with Crippen LogP contribution in [0.1, 0.15) is 37.7 Å². The molecule has 2 N–H and O–H groups in total. The number of aliphatic hydroxyl groups is 2. The van der Waals surface area contributed by atoms with E-state index in [9.17, 15) is 15.0 Å². The Morgan fingerprint density at radius 1 is 1.36 bits per heavy atom. The van der Waals surface area contributed by atoms with Gasteiger partial charge in [0.1, 0.15) is 24.6 Å². The normalized spacial score (nSPS) is 30.5. The number of hydrogen-bond acceptors (Lipinski definition) is 5. The van der Waals surface area contributed by atoms with Gasteiger partial charge in [-0.3, -0.25) is 4.79 Å². The van der Waals surface area contributed by atoms with Crippen LogP contribution in [0.5, 0.6) is 5.75 Å². The molecule has 0 saturated heterocycles. The maximum Gasteiger partial charge on any atom is 0.306 e. The molecule has 0 amide bonds. The van der Waals surface area contributed by atoms with Crippen LogP contribution in [-0.2, 0) is 9.53 Å². The monoisotopic (exact) mass is 386 g/mol. The van der Waals surface area contributed by atoms with Crippen molar-refractivity contribution in [2.45, 2.75) is 57.3 Å². The number of esters is 1. The summed E-state index contributed by atoms with van der Waals surface area (Å²) >= 11 is 0. The Morgan fingerprint density at radius 3 is 3.04 bits per heavy atom. The van der Waals surface area contributed by atoms with E-state index in [4.69, 9.17) is 9.47 Å². The fourth-order valence-corrected chi connectivity index (χ4v) is 3.98. The second-order valence-electron chi connectivity index (χ2n) is 7.75. The topological polar surface area (TPSA) is 76.0 Å². The summed E-state index contributed by atoms with van der Waals surface area (Å²) < 4.78 is 11.3. The van der Waals surface area contributed by atoms with Crippen LogP contribution in [0, 0.1) is 18.8 Å². The highest BCUT2D eigenvalue weighted by atomic mass is 16.5. The third kappa shape index (κ3) is 5.69. The summed E-state index contributed by atoms with van der Waals surface area (Å²) in [6.45, 7) is 2.13. The first-order chi connectivity index (χ1) is 13.5. The molecule has 1 fully saturated rings. The number of benzene rings is 1. The highest BCUT2D eigenvalue weighted by Gasteiger charge is 2.42. The fraction of sp³-hybridized carbons (Fsp3) is 0.522. The number of carbonyl (C=O) groups is 1. The van der Waals surface area contributed by atoms with Gasteiger partial charge in [-0.15, -0.1) is 0 Å². The lowest BCUT2D eigenvalue weighted by molar-refractivity contribution is -0.151. The Bertz CT molecular complexity index is 711. The lowest BCUT2D eigenvalue weighted by atomic mass is 9.89. The molecule has 28 heavy (non-hydrogen) atoms. The summed E-state index contributed by atoms with van der Waals surface area (Å²) in [6.07, 6.45) is 9.38. The average Bonchev–Trinajstić information content (AvgIpc) is 2.95. The molecular formula is C23H30O5. The molecule has 1 aromatic carbocycles. The molecule has 1 aliphatic carbocycles. The summed E-state index contributed by atoms with van der Waals surface area (Å²) in [4.78, 5) is 12.0. The summed E-state index contributed by atoms with van der Waals surface area (Å²) in [6, 6.07) is 7.68.